The number of thioether (sulfide) groups is 1. The van der Waals surface area contributed by atoms with Crippen LogP contribution >= 0.6 is 11.8 Å². The predicted molar refractivity (Wildman–Crippen MR) is 93.8 cm³/mol. The van der Waals surface area contributed by atoms with Crippen molar-refractivity contribution in [2.24, 2.45) is 0 Å². The molecule has 0 bridgehead atoms. The van der Waals surface area contributed by atoms with Crippen molar-refractivity contribution in [3.63, 3.8) is 0 Å². The van der Waals surface area contributed by atoms with E-state index in [1.54, 1.807) is 11.8 Å². The van der Waals surface area contributed by atoms with Crippen molar-refractivity contribution in [3.05, 3.63) is 29.3 Å². The fourth-order valence-electron chi connectivity index (χ4n) is 2.60. The van der Waals surface area contributed by atoms with Crippen LogP contribution in [-0.2, 0) is 4.79 Å². The lowest BCUT2D eigenvalue weighted by Gasteiger charge is -2.26. The number of hydrogen-bond donors (Lipinski definition) is 0. The van der Waals surface area contributed by atoms with Crippen LogP contribution in [0.5, 0.6) is 5.75 Å². The molecule has 1 fully saturated rings. The number of likely N-dealkylation sites (tertiary alicyclic amines) is 1. The first kappa shape index (κ1) is 17.2. The van der Waals surface area contributed by atoms with E-state index in [1.807, 2.05) is 4.90 Å². The molecule has 1 aromatic rings. The van der Waals surface area contributed by atoms with Gasteiger partial charge in [-0.2, -0.15) is 11.8 Å². The molecule has 0 saturated carbocycles. The van der Waals surface area contributed by atoms with Crippen molar-refractivity contribution < 1.29 is 9.53 Å². The van der Waals surface area contributed by atoms with Crippen molar-refractivity contribution in [2.75, 3.05) is 31.2 Å². The number of piperidine rings is 1. The van der Waals surface area contributed by atoms with Crippen LogP contribution in [0.15, 0.2) is 18.2 Å². The first-order valence-corrected chi connectivity index (χ1v) is 9.38. The second-order valence-electron chi connectivity index (χ2n) is 5.96. The zero-order chi connectivity index (χ0) is 15.8. The molecule has 1 aromatic carbocycles. The standard InChI is InChI=1S/C18H27NO2S/c1-15-7-8-16(2)17(13-15)21-11-6-12-22-14-18(20)19-9-4-3-5-10-19/h7-8,13H,3-6,9-12,14H2,1-2H3. The van der Waals surface area contributed by atoms with Crippen LogP contribution in [0.2, 0.25) is 0 Å². The van der Waals surface area contributed by atoms with Crippen molar-refractivity contribution >= 4 is 17.7 Å². The molecule has 1 saturated heterocycles. The topological polar surface area (TPSA) is 29.5 Å². The summed E-state index contributed by atoms with van der Waals surface area (Å²) in [5, 5.41) is 0. The van der Waals surface area contributed by atoms with E-state index >= 15 is 0 Å². The van der Waals surface area contributed by atoms with Gasteiger partial charge in [-0.15, -0.1) is 0 Å². The normalized spacial score (nSPS) is 14.9. The van der Waals surface area contributed by atoms with E-state index in [-0.39, 0.29) is 0 Å². The Morgan fingerprint density at radius 1 is 1.23 bits per heavy atom. The van der Waals surface area contributed by atoms with Crippen LogP contribution < -0.4 is 4.74 Å². The van der Waals surface area contributed by atoms with E-state index in [9.17, 15) is 4.79 Å². The van der Waals surface area contributed by atoms with Crippen molar-refractivity contribution in [2.45, 2.75) is 39.5 Å². The number of amides is 1. The molecular weight excluding hydrogens is 294 g/mol. The molecule has 122 valence electrons. The average Bonchev–Trinajstić information content (AvgIpc) is 2.54. The first-order valence-electron chi connectivity index (χ1n) is 8.22. The van der Waals surface area contributed by atoms with Crippen LogP contribution in [0.1, 0.15) is 36.8 Å². The number of aryl methyl sites for hydroxylation is 2. The second kappa shape index (κ2) is 9.09. The van der Waals surface area contributed by atoms with Crippen molar-refractivity contribution in [1.29, 1.82) is 0 Å². The van der Waals surface area contributed by atoms with Crippen LogP contribution in [0, 0.1) is 13.8 Å². The minimum Gasteiger partial charge on any atom is -0.493 e. The maximum Gasteiger partial charge on any atom is 0.232 e. The minimum absolute atomic E-state index is 0.306. The molecule has 0 atom stereocenters. The Labute approximate surface area is 138 Å². The summed E-state index contributed by atoms with van der Waals surface area (Å²) < 4.78 is 5.83. The van der Waals surface area contributed by atoms with Gasteiger partial charge in [-0.05, 0) is 62.5 Å². The number of hydrogen-bond acceptors (Lipinski definition) is 3. The van der Waals surface area contributed by atoms with Gasteiger partial charge in [0.1, 0.15) is 5.75 Å². The quantitative estimate of drug-likeness (QED) is 0.715. The summed E-state index contributed by atoms with van der Waals surface area (Å²) in [6.07, 6.45) is 4.58. The van der Waals surface area contributed by atoms with Crippen LogP contribution in [0.3, 0.4) is 0 Å². The molecule has 1 heterocycles. The number of carbonyl (C=O) groups is 1. The lowest BCUT2D eigenvalue weighted by Crippen LogP contribution is -2.36. The molecule has 0 unspecified atom stereocenters. The van der Waals surface area contributed by atoms with Gasteiger partial charge in [-0.1, -0.05) is 12.1 Å². The molecule has 0 spiro atoms. The van der Waals surface area contributed by atoms with Crippen LogP contribution in [-0.4, -0.2) is 42.0 Å². The van der Waals surface area contributed by atoms with E-state index < -0.39 is 0 Å². The predicted octanol–water partition coefficient (Wildman–Crippen LogP) is 3.82. The molecule has 1 aliphatic rings. The minimum atomic E-state index is 0.306. The largest absolute Gasteiger partial charge is 0.493 e. The van der Waals surface area contributed by atoms with Crippen LogP contribution in [0.4, 0.5) is 0 Å². The maximum atomic E-state index is 12.0. The Balaban J connectivity index is 1.57. The summed E-state index contributed by atoms with van der Waals surface area (Å²) in [4.78, 5) is 14.0. The van der Waals surface area contributed by atoms with Crippen LogP contribution in [0.25, 0.3) is 0 Å². The van der Waals surface area contributed by atoms with Gasteiger partial charge in [-0.25, -0.2) is 0 Å². The molecule has 1 aliphatic heterocycles. The molecule has 22 heavy (non-hydrogen) atoms. The van der Waals surface area contributed by atoms with Gasteiger partial charge >= 0.3 is 0 Å². The molecule has 0 aliphatic carbocycles. The lowest BCUT2D eigenvalue weighted by molar-refractivity contribution is -0.129. The third-order valence-corrected chi connectivity index (χ3v) is 5.00. The third kappa shape index (κ3) is 5.56. The number of benzene rings is 1. The van der Waals surface area contributed by atoms with Gasteiger partial charge in [0, 0.05) is 13.1 Å². The fraction of sp³-hybridized carbons (Fsp3) is 0.611. The van der Waals surface area contributed by atoms with E-state index in [0.29, 0.717) is 11.7 Å². The van der Waals surface area contributed by atoms with E-state index in [4.69, 9.17) is 4.74 Å². The van der Waals surface area contributed by atoms with Gasteiger partial charge < -0.3 is 9.64 Å². The Morgan fingerprint density at radius 3 is 2.77 bits per heavy atom. The average molecular weight is 321 g/mol. The lowest BCUT2D eigenvalue weighted by atomic mass is 10.1. The Hall–Kier alpha value is -1.16. The van der Waals surface area contributed by atoms with Crippen molar-refractivity contribution in [3.8, 4) is 5.75 Å². The van der Waals surface area contributed by atoms with E-state index in [2.05, 4.69) is 32.0 Å². The summed E-state index contributed by atoms with van der Waals surface area (Å²) in [6.45, 7) is 6.77. The molecule has 4 heteroatoms. The summed E-state index contributed by atoms with van der Waals surface area (Å²) >= 11 is 1.73. The molecular formula is C18H27NO2S. The molecule has 0 aromatic heterocycles. The number of ether oxygens (including phenoxy) is 1. The number of carbonyl (C=O) groups excluding carboxylic acids is 1. The monoisotopic (exact) mass is 321 g/mol. The summed E-state index contributed by atoms with van der Waals surface area (Å²) in [7, 11) is 0. The first-order chi connectivity index (χ1) is 10.7. The highest BCUT2D eigenvalue weighted by Crippen LogP contribution is 2.19. The Bertz CT molecular complexity index is 484. The summed E-state index contributed by atoms with van der Waals surface area (Å²) in [5.41, 5.74) is 2.40. The molecule has 1 amide bonds. The van der Waals surface area contributed by atoms with Gasteiger partial charge in [0.05, 0.1) is 12.4 Å². The number of rotatable bonds is 7. The highest BCUT2D eigenvalue weighted by molar-refractivity contribution is 7.99. The zero-order valence-corrected chi connectivity index (χ0v) is 14.6. The number of nitrogens with zero attached hydrogens (tertiary/aromatic N) is 1. The summed E-state index contributed by atoms with van der Waals surface area (Å²) in [6, 6.07) is 6.28. The SMILES string of the molecule is Cc1ccc(C)c(OCCCSCC(=O)N2CCCCC2)c1. The van der Waals surface area contributed by atoms with Crippen molar-refractivity contribution in [1.82, 2.24) is 4.90 Å². The Kier molecular flexibility index (Phi) is 7.10. The van der Waals surface area contributed by atoms with Gasteiger partial charge in [0.25, 0.3) is 0 Å². The highest BCUT2D eigenvalue weighted by Gasteiger charge is 2.15. The maximum absolute atomic E-state index is 12.0. The molecule has 2 rings (SSSR count). The van der Waals surface area contributed by atoms with Gasteiger partial charge in [-0.3, -0.25) is 4.79 Å². The smallest absolute Gasteiger partial charge is 0.232 e. The zero-order valence-electron chi connectivity index (χ0n) is 13.8. The molecule has 0 N–H and O–H groups in total. The van der Waals surface area contributed by atoms with Gasteiger partial charge in [0.15, 0.2) is 0 Å². The van der Waals surface area contributed by atoms with Gasteiger partial charge in [0.2, 0.25) is 5.91 Å². The molecule has 0 radical (unpaired) electrons. The Morgan fingerprint density at radius 2 is 2.00 bits per heavy atom. The van der Waals surface area contributed by atoms with E-state index in [1.165, 1.54) is 30.4 Å². The third-order valence-electron chi connectivity index (χ3n) is 3.97. The second-order valence-corrected chi connectivity index (χ2v) is 7.07. The molecule has 3 nitrogen and oxygen atoms in total. The highest BCUT2D eigenvalue weighted by atomic mass is 32.2. The van der Waals surface area contributed by atoms with E-state index in [0.717, 1.165) is 37.6 Å². The fourth-order valence-corrected chi connectivity index (χ4v) is 3.42. The summed E-state index contributed by atoms with van der Waals surface area (Å²) in [5.74, 6) is 2.88.